The average Bonchev–Trinajstić information content (AvgIpc) is 2.48. The van der Waals surface area contributed by atoms with Crippen molar-refractivity contribution in [1.82, 2.24) is 0 Å². The van der Waals surface area contributed by atoms with E-state index in [1.807, 2.05) is 60.5 Å². The summed E-state index contributed by atoms with van der Waals surface area (Å²) < 4.78 is 6.25. The summed E-state index contributed by atoms with van der Waals surface area (Å²) in [4.78, 5) is 14.1. The Hall–Kier alpha value is -1.56. The van der Waals surface area contributed by atoms with E-state index in [-0.39, 0.29) is 5.78 Å². The molecule has 0 bridgehead atoms. The predicted octanol–water partition coefficient (Wildman–Crippen LogP) is 3.62. The van der Waals surface area contributed by atoms with Crippen molar-refractivity contribution in [3.8, 4) is 5.75 Å². The van der Waals surface area contributed by atoms with Crippen molar-refractivity contribution in [1.29, 1.82) is 0 Å². The maximum absolute atomic E-state index is 12.2. The van der Waals surface area contributed by atoms with E-state index in [4.69, 9.17) is 4.74 Å². The molecule has 0 unspecified atom stereocenters. The summed E-state index contributed by atoms with van der Waals surface area (Å²) in [6.45, 7) is 0.354. The molecule has 0 heterocycles. The molecule has 0 aliphatic heterocycles. The van der Waals surface area contributed by atoms with Crippen molar-refractivity contribution in [3.05, 3.63) is 57.7 Å². The molecular formula is C16H16INO2. The molecular weight excluding hydrogens is 365 g/mol. The van der Waals surface area contributed by atoms with E-state index < -0.39 is 0 Å². The zero-order valence-corrected chi connectivity index (χ0v) is 13.6. The Kier molecular flexibility index (Phi) is 5.00. The Balaban J connectivity index is 2.04. The summed E-state index contributed by atoms with van der Waals surface area (Å²) in [7, 11) is 3.55. The minimum Gasteiger partial charge on any atom is -0.497 e. The molecule has 2 aromatic rings. The van der Waals surface area contributed by atoms with Gasteiger partial charge in [0.2, 0.25) is 0 Å². The van der Waals surface area contributed by atoms with Gasteiger partial charge in [0.1, 0.15) is 5.75 Å². The molecule has 0 amide bonds. The summed E-state index contributed by atoms with van der Waals surface area (Å²) >= 11 is 2.23. The molecule has 0 saturated carbocycles. The highest BCUT2D eigenvalue weighted by molar-refractivity contribution is 14.1. The second-order valence-electron chi connectivity index (χ2n) is 4.48. The highest BCUT2D eigenvalue weighted by Crippen LogP contribution is 2.18. The van der Waals surface area contributed by atoms with Gasteiger partial charge in [0.05, 0.1) is 13.7 Å². The number of carbonyl (C=O) groups is 1. The van der Waals surface area contributed by atoms with Crippen LogP contribution in [0.4, 0.5) is 5.69 Å². The number of benzene rings is 2. The lowest BCUT2D eigenvalue weighted by Gasteiger charge is -2.18. The second-order valence-corrected chi connectivity index (χ2v) is 5.73. The van der Waals surface area contributed by atoms with Gasteiger partial charge in [-0.25, -0.2) is 0 Å². The van der Waals surface area contributed by atoms with Crippen LogP contribution in [0.1, 0.15) is 10.4 Å². The van der Waals surface area contributed by atoms with E-state index in [2.05, 4.69) is 22.6 Å². The third-order valence-electron chi connectivity index (χ3n) is 3.06. The molecule has 0 aliphatic rings. The number of ether oxygens (including phenoxy) is 1. The first-order valence-electron chi connectivity index (χ1n) is 6.24. The van der Waals surface area contributed by atoms with Gasteiger partial charge in [-0.05, 0) is 59.0 Å². The van der Waals surface area contributed by atoms with Gasteiger partial charge < -0.3 is 9.64 Å². The van der Waals surface area contributed by atoms with Gasteiger partial charge in [-0.2, -0.15) is 0 Å². The lowest BCUT2D eigenvalue weighted by atomic mass is 10.1. The van der Waals surface area contributed by atoms with Crippen molar-refractivity contribution >= 4 is 34.1 Å². The predicted molar refractivity (Wildman–Crippen MR) is 89.8 cm³/mol. The van der Waals surface area contributed by atoms with Crippen LogP contribution in [0.15, 0.2) is 48.5 Å². The quantitative estimate of drug-likeness (QED) is 0.586. The van der Waals surface area contributed by atoms with Crippen LogP contribution in [-0.4, -0.2) is 26.5 Å². The Labute approximate surface area is 132 Å². The van der Waals surface area contributed by atoms with E-state index in [0.717, 1.165) is 20.6 Å². The molecule has 3 nitrogen and oxygen atoms in total. The molecule has 4 heteroatoms. The molecule has 0 saturated heterocycles. The minimum atomic E-state index is 0.111. The van der Waals surface area contributed by atoms with Crippen molar-refractivity contribution in [2.45, 2.75) is 0 Å². The zero-order valence-electron chi connectivity index (χ0n) is 11.5. The van der Waals surface area contributed by atoms with Gasteiger partial charge in [0.25, 0.3) is 0 Å². The van der Waals surface area contributed by atoms with Gasteiger partial charge in [-0.15, -0.1) is 0 Å². The summed E-state index contributed by atoms with van der Waals surface area (Å²) in [6, 6.07) is 15.3. The summed E-state index contributed by atoms with van der Waals surface area (Å²) in [5.41, 5.74) is 1.73. The normalized spacial score (nSPS) is 10.2. The highest BCUT2D eigenvalue weighted by Gasteiger charge is 2.10. The number of rotatable bonds is 5. The number of Topliss-reactive ketones (excluding diaryl/α,β-unsaturated/α-hetero) is 1. The van der Waals surface area contributed by atoms with E-state index in [1.165, 1.54) is 0 Å². The van der Waals surface area contributed by atoms with Gasteiger partial charge in [0.15, 0.2) is 5.78 Å². The smallest absolute Gasteiger partial charge is 0.182 e. The van der Waals surface area contributed by atoms with Crippen LogP contribution in [0.25, 0.3) is 0 Å². The molecule has 104 valence electrons. The third kappa shape index (κ3) is 3.72. The fourth-order valence-corrected chi connectivity index (χ4v) is 2.23. The number of carbonyl (C=O) groups excluding carboxylic acids is 1. The Bertz CT molecular complexity index is 578. The van der Waals surface area contributed by atoms with Crippen LogP contribution in [-0.2, 0) is 0 Å². The van der Waals surface area contributed by atoms with E-state index in [0.29, 0.717) is 6.54 Å². The lowest BCUT2D eigenvalue weighted by molar-refractivity contribution is 0.100. The first kappa shape index (κ1) is 14.8. The molecule has 0 spiro atoms. The number of likely N-dealkylation sites (N-methyl/N-ethyl adjacent to an activating group) is 1. The molecule has 20 heavy (non-hydrogen) atoms. The number of hydrogen-bond donors (Lipinski definition) is 0. The summed E-state index contributed by atoms with van der Waals surface area (Å²) in [6.07, 6.45) is 0. The standard InChI is InChI=1S/C16H16INO2/c1-18(14-7-9-15(20-2)10-8-14)11-16(19)12-3-5-13(17)6-4-12/h3-10H,11H2,1-2H3. The summed E-state index contributed by atoms with van der Waals surface area (Å²) in [5, 5.41) is 0. The fraction of sp³-hybridized carbons (Fsp3) is 0.188. The van der Waals surface area contributed by atoms with Gasteiger partial charge in [-0.1, -0.05) is 12.1 Å². The van der Waals surface area contributed by atoms with Crippen molar-refractivity contribution in [2.75, 3.05) is 25.6 Å². The van der Waals surface area contributed by atoms with Crippen molar-refractivity contribution in [3.63, 3.8) is 0 Å². The molecule has 0 aromatic heterocycles. The van der Waals surface area contributed by atoms with Crippen molar-refractivity contribution < 1.29 is 9.53 Å². The number of anilines is 1. The van der Waals surface area contributed by atoms with Gasteiger partial charge in [0, 0.05) is 21.9 Å². The Morgan fingerprint density at radius 1 is 1.10 bits per heavy atom. The molecule has 0 N–H and O–H groups in total. The molecule has 0 atom stereocenters. The van der Waals surface area contributed by atoms with Crippen LogP contribution in [0, 0.1) is 3.57 Å². The maximum atomic E-state index is 12.2. The Morgan fingerprint density at radius 2 is 1.70 bits per heavy atom. The molecule has 0 radical (unpaired) electrons. The van der Waals surface area contributed by atoms with Crippen LogP contribution in [0.3, 0.4) is 0 Å². The zero-order chi connectivity index (χ0) is 14.5. The first-order chi connectivity index (χ1) is 9.60. The number of halogens is 1. The molecule has 0 fully saturated rings. The number of ketones is 1. The maximum Gasteiger partial charge on any atom is 0.182 e. The largest absolute Gasteiger partial charge is 0.497 e. The summed E-state index contributed by atoms with van der Waals surface area (Å²) in [5.74, 6) is 0.922. The topological polar surface area (TPSA) is 29.5 Å². The minimum absolute atomic E-state index is 0.111. The van der Waals surface area contributed by atoms with E-state index in [1.54, 1.807) is 7.11 Å². The number of hydrogen-bond acceptors (Lipinski definition) is 3. The lowest BCUT2D eigenvalue weighted by Crippen LogP contribution is -2.25. The third-order valence-corrected chi connectivity index (χ3v) is 3.78. The van der Waals surface area contributed by atoms with Crippen molar-refractivity contribution in [2.24, 2.45) is 0 Å². The molecule has 2 aromatic carbocycles. The average molecular weight is 381 g/mol. The first-order valence-corrected chi connectivity index (χ1v) is 7.32. The molecule has 0 aliphatic carbocycles. The van der Waals surface area contributed by atoms with E-state index >= 15 is 0 Å². The number of nitrogens with zero attached hydrogens (tertiary/aromatic N) is 1. The number of methoxy groups -OCH3 is 1. The van der Waals surface area contributed by atoms with Gasteiger partial charge in [-0.3, -0.25) is 4.79 Å². The monoisotopic (exact) mass is 381 g/mol. The highest BCUT2D eigenvalue weighted by atomic mass is 127. The van der Waals surface area contributed by atoms with E-state index in [9.17, 15) is 4.79 Å². The van der Waals surface area contributed by atoms with Gasteiger partial charge >= 0.3 is 0 Å². The SMILES string of the molecule is COc1ccc(N(C)CC(=O)c2ccc(I)cc2)cc1. The fourth-order valence-electron chi connectivity index (χ4n) is 1.87. The van der Waals surface area contributed by atoms with Crippen LogP contribution < -0.4 is 9.64 Å². The molecule has 2 rings (SSSR count). The second kappa shape index (κ2) is 6.74. The Morgan fingerprint density at radius 3 is 2.25 bits per heavy atom. The van der Waals surface area contributed by atoms with Crippen LogP contribution in [0.5, 0.6) is 5.75 Å². The van der Waals surface area contributed by atoms with Crippen LogP contribution >= 0.6 is 22.6 Å². The van der Waals surface area contributed by atoms with Crippen LogP contribution in [0.2, 0.25) is 0 Å².